The largest absolute Gasteiger partial charge is 0.485 e. The van der Waals surface area contributed by atoms with E-state index in [0.717, 1.165) is 16.8 Å². The van der Waals surface area contributed by atoms with Crippen LogP contribution in [0.2, 0.25) is 0 Å². The summed E-state index contributed by atoms with van der Waals surface area (Å²) in [6.07, 6.45) is -0.913. The number of hydrogen-bond acceptors (Lipinski definition) is 5. The van der Waals surface area contributed by atoms with Crippen LogP contribution in [0.25, 0.3) is 0 Å². The molecule has 1 heterocycles. The van der Waals surface area contributed by atoms with E-state index in [1.165, 1.54) is 0 Å². The lowest BCUT2D eigenvalue weighted by atomic mass is 10.1. The first-order valence-electron chi connectivity index (χ1n) is 10.1. The molecule has 158 valence electrons. The first-order chi connectivity index (χ1) is 15.1. The molecule has 0 fully saturated rings. The third-order valence-corrected chi connectivity index (χ3v) is 4.91. The van der Waals surface area contributed by atoms with Crippen molar-refractivity contribution in [2.24, 2.45) is 0 Å². The molecule has 6 heteroatoms. The van der Waals surface area contributed by atoms with E-state index >= 15 is 0 Å². The summed E-state index contributed by atoms with van der Waals surface area (Å²) in [6.45, 7) is 1.99. The summed E-state index contributed by atoms with van der Waals surface area (Å²) in [5.41, 5.74) is 2.76. The summed E-state index contributed by atoms with van der Waals surface area (Å²) >= 11 is 0. The van der Waals surface area contributed by atoms with Gasteiger partial charge in [-0.05, 0) is 42.3 Å². The summed E-state index contributed by atoms with van der Waals surface area (Å²) < 4.78 is 16.5. The second kappa shape index (κ2) is 9.34. The molecular formula is C25H23NO5. The zero-order valence-electron chi connectivity index (χ0n) is 17.2. The first-order valence-corrected chi connectivity index (χ1v) is 10.1. The van der Waals surface area contributed by atoms with Crippen LogP contribution in [0.3, 0.4) is 0 Å². The Balaban J connectivity index is 1.43. The number of nitrogens with zero attached hydrogens (tertiary/aromatic N) is 1. The van der Waals surface area contributed by atoms with Crippen LogP contribution in [-0.4, -0.2) is 31.2 Å². The molecule has 1 aliphatic heterocycles. The van der Waals surface area contributed by atoms with Gasteiger partial charge in [-0.1, -0.05) is 54.6 Å². The van der Waals surface area contributed by atoms with Crippen LogP contribution in [0.4, 0.5) is 5.69 Å². The molecule has 1 aliphatic rings. The molecule has 3 aromatic rings. The number of ether oxygens (including phenoxy) is 3. The summed E-state index contributed by atoms with van der Waals surface area (Å²) in [6, 6.07) is 24.4. The van der Waals surface area contributed by atoms with Gasteiger partial charge in [-0.25, -0.2) is 4.79 Å². The van der Waals surface area contributed by atoms with Crippen molar-refractivity contribution in [1.29, 1.82) is 0 Å². The van der Waals surface area contributed by atoms with Crippen molar-refractivity contribution >= 4 is 17.6 Å². The topological polar surface area (TPSA) is 65.1 Å². The Labute approximate surface area is 181 Å². The molecule has 0 aliphatic carbocycles. The third kappa shape index (κ3) is 5.04. The maximum Gasteiger partial charge on any atom is 0.351 e. The number of rotatable bonds is 6. The van der Waals surface area contributed by atoms with Crippen molar-refractivity contribution in [3.05, 3.63) is 90.0 Å². The normalized spacial score (nSPS) is 14.5. The van der Waals surface area contributed by atoms with Crippen LogP contribution in [0.15, 0.2) is 78.9 Å². The van der Waals surface area contributed by atoms with Crippen molar-refractivity contribution < 1.29 is 23.8 Å². The Morgan fingerprint density at radius 1 is 0.968 bits per heavy atom. The molecule has 6 nitrogen and oxygen atoms in total. The molecule has 0 unspecified atom stereocenters. The number of esters is 1. The second-order valence-electron chi connectivity index (χ2n) is 7.28. The highest BCUT2D eigenvalue weighted by Gasteiger charge is 2.29. The number of amides is 1. The number of carbonyl (C=O) groups excluding carboxylic acids is 2. The maximum absolute atomic E-state index is 13.0. The van der Waals surface area contributed by atoms with E-state index in [-0.39, 0.29) is 19.1 Å². The van der Waals surface area contributed by atoms with Gasteiger partial charge in [0.2, 0.25) is 6.10 Å². The molecule has 1 amide bonds. The van der Waals surface area contributed by atoms with E-state index in [0.29, 0.717) is 18.0 Å². The van der Waals surface area contributed by atoms with Gasteiger partial charge in [-0.3, -0.25) is 4.79 Å². The Bertz CT molecular complexity index is 1070. The predicted molar refractivity (Wildman–Crippen MR) is 116 cm³/mol. The van der Waals surface area contributed by atoms with Crippen LogP contribution < -0.4 is 14.4 Å². The average molecular weight is 417 g/mol. The monoisotopic (exact) mass is 417 g/mol. The molecule has 31 heavy (non-hydrogen) atoms. The average Bonchev–Trinajstić information content (AvgIpc) is 2.81. The number of benzene rings is 3. The zero-order chi connectivity index (χ0) is 21.6. The summed E-state index contributed by atoms with van der Waals surface area (Å²) in [5.74, 6) is 0.107. The molecule has 0 spiro atoms. The molecule has 0 bridgehead atoms. The Hall–Kier alpha value is -3.80. The van der Waals surface area contributed by atoms with Crippen LogP contribution in [0, 0.1) is 6.92 Å². The quantitative estimate of drug-likeness (QED) is 0.569. The molecule has 0 radical (unpaired) electrons. The van der Waals surface area contributed by atoms with Crippen molar-refractivity contribution in [2.45, 2.75) is 19.6 Å². The van der Waals surface area contributed by atoms with Crippen LogP contribution in [-0.2, 0) is 20.9 Å². The predicted octanol–water partition coefficient (Wildman–Crippen LogP) is 3.91. The number of anilines is 1. The number of carbonyl (C=O) groups is 2. The minimum absolute atomic E-state index is 0.0373. The molecular weight excluding hydrogens is 394 g/mol. The van der Waals surface area contributed by atoms with Crippen molar-refractivity contribution in [1.82, 2.24) is 0 Å². The van der Waals surface area contributed by atoms with E-state index in [1.807, 2.05) is 67.6 Å². The van der Waals surface area contributed by atoms with Crippen LogP contribution in [0.1, 0.15) is 11.1 Å². The van der Waals surface area contributed by atoms with Gasteiger partial charge in [-0.15, -0.1) is 0 Å². The molecule has 0 saturated carbocycles. The van der Waals surface area contributed by atoms with Gasteiger partial charge >= 0.3 is 5.97 Å². The SMILES string of the molecule is Cc1cccc(N(Cc2ccccc2)C(=O)COC(=O)[C@@H]2COc3ccccc3O2)c1. The highest BCUT2D eigenvalue weighted by atomic mass is 16.6. The number of hydrogen-bond donors (Lipinski definition) is 0. The van der Waals surface area contributed by atoms with Crippen molar-refractivity contribution in [3.8, 4) is 11.5 Å². The second-order valence-corrected chi connectivity index (χ2v) is 7.28. The highest BCUT2D eigenvalue weighted by molar-refractivity contribution is 5.95. The standard InChI is InChI=1S/C25H23NO5/c1-18-8-7-11-20(14-18)26(15-19-9-3-2-4-10-19)24(27)17-30-25(28)23-16-29-21-12-5-6-13-22(21)31-23/h2-14,23H,15-17H2,1H3/t23-/m0/s1. The van der Waals surface area contributed by atoms with Gasteiger partial charge in [-0.2, -0.15) is 0 Å². The van der Waals surface area contributed by atoms with Crippen LogP contribution >= 0.6 is 0 Å². The number of para-hydroxylation sites is 2. The molecule has 0 saturated heterocycles. The lowest BCUT2D eigenvalue weighted by molar-refractivity contribution is -0.157. The van der Waals surface area contributed by atoms with Crippen molar-refractivity contribution in [2.75, 3.05) is 18.1 Å². The minimum Gasteiger partial charge on any atom is -0.485 e. The lowest BCUT2D eigenvalue weighted by Gasteiger charge is -2.26. The Kier molecular flexibility index (Phi) is 6.17. The lowest BCUT2D eigenvalue weighted by Crippen LogP contribution is -2.40. The van der Waals surface area contributed by atoms with Crippen molar-refractivity contribution in [3.63, 3.8) is 0 Å². The molecule has 3 aromatic carbocycles. The third-order valence-electron chi connectivity index (χ3n) is 4.91. The fraction of sp³-hybridized carbons (Fsp3) is 0.200. The van der Waals surface area contributed by atoms with E-state index in [4.69, 9.17) is 14.2 Å². The zero-order valence-corrected chi connectivity index (χ0v) is 17.2. The summed E-state index contributed by atoms with van der Waals surface area (Å²) in [4.78, 5) is 27.1. The van der Waals surface area contributed by atoms with E-state index in [9.17, 15) is 9.59 Å². The fourth-order valence-electron chi connectivity index (χ4n) is 3.32. The van der Waals surface area contributed by atoms with Gasteiger partial charge in [0.15, 0.2) is 18.1 Å². The highest BCUT2D eigenvalue weighted by Crippen LogP contribution is 2.31. The van der Waals surface area contributed by atoms with E-state index in [2.05, 4.69) is 0 Å². The number of aryl methyl sites for hydroxylation is 1. The first kappa shape index (κ1) is 20.5. The van der Waals surface area contributed by atoms with E-state index in [1.54, 1.807) is 23.1 Å². The molecule has 0 N–H and O–H groups in total. The number of fused-ring (bicyclic) bond motifs is 1. The summed E-state index contributed by atoms with van der Waals surface area (Å²) in [7, 11) is 0. The van der Waals surface area contributed by atoms with Gasteiger partial charge < -0.3 is 19.1 Å². The minimum atomic E-state index is -0.913. The Morgan fingerprint density at radius 3 is 2.48 bits per heavy atom. The molecule has 1 atom stereocenters. The van der Waals surface area contributed by atoms with Crippen LogP contribution in [0.5, 0.6) is 11.5 Å². The van der Waals surface area contributed by atoms with E-state index < -0.39 is 12.1 Å². The maximum atomic E-state index is 13.0. The molecule has 4 rings (SSSR count). The van der Waals surface area contributed by atoms with Gasteiger partial charge in [0, 0.05) is 5.69 Å². The molecule has 0 aromatic heterocycles. The fourth-order valence-corrected chi connectivity index (χ4v) is 3.32. The summed E-state index contributed by atoms with van der Waals surface area (Å²) in [5, 5.41) is 0. The van der Waals surface area contributed by atoms with Gasteiger partial charge in [0.1, 0.15) is 6.61 Å². The van der Waals surface area contributed by atoms with Gasteiger partial charge in [0.25, 0.3) is 5.91 Å². The van der Waals surface area contributed by atoms with Gasteiger partial charge in [0.05, 0.1) is 6.54 Å². The Morgan fingerprint density at radius 2 is 1.71 bits per heavy atom. The smallest absolute Gasteiger partial charge is 0.351 e.